The molecule has 1 fully saturated rings. The van der Waals surface area contributed by atoms with E-state index < -0.39 is 37.3 Å². The lowest BCUT2D eigenvalue weighted by molar-refractivity contribution is -0.277. The van der Waals surface area contributed by atoms with Crippen molar-refractivity contribution >= 4 is 5.78 Å². The van der Waals surface area contributed by atoms with E-state index in [1.807, 2.05) is 18.2 Å². The van der Waals surface area contributed by atoms with Gasteiger partial charge in [0.15, 0.2) is 5.78 Å². The van der Waals surface area contributed by atoms with E-state index in [2.05, 4.69) is 0 Å². The number of carbonyl (C=O) groups excluding carboxylic acids is 1. The van der Waals surface area contributed by atoms with Crippen LogP contribution in [-0.2, 0) is 11.2 Å². The first-order chi connectivity index (χ1) is 13.0. The quantitative estimate of drug-likeness (QED) is 0.511. The van der Waals surface area contributed by atoms with Crippen LogP contribution in [0.5, 0.6) is 5.75 Å². The van der Waals surface area contributed by atoms with Gasteiger partial charge >= 0.3 is 0 Å². The van der Waals surface area contributed by atoms with Crippen LogP contribution < -0.4 is 4.74 Å². The molecule has 4 N–H and O–H groups in total. The summed E-state index contributed by atoms with van der Waals surface area (Å²) in [5, 5.41) is 39.3. The Morgan fingerprint density at radius 2 is 1.70 bits per heavy atom. The molecule has 4 rings (SSSR count). The number of fused-ring (bicyclic) bond motifs is 2. The molecule has 0 aromatic heterocycles. The van der Waals surface area contributed by atoms with E-state index in [0.717, 1.165) is 11.1 Å². The van der Waals surface area contributed by atoms with Crippen molar-refractivity contribution in [2.24, 2.45) is 0 Å². The Morgan fingerprint density at radius 3 is 2.48 bits per heavy atom. The summed E-state index contributed by atoms with van der Waals surface area (Å²) in [4.78, 5) is 13.0. The Balaban J connectivity index is 1.66. The van der Waals surface area contributed by atoms with Gasteiger partial charge in [-0.1, -0.05) is 36.4 Å². The maximum absolute atomic E-state index is 13.0. The molecule has 2 aromatic carbocycles. The Hall–Kier alpha value is -2.29. The van der Waals surface area contributed by atoms with Gasteiger partial charge in [-0.2, -0.15) is 0 Å². The molecule has 7 heteroatoms. The predicted molar refractivity (Wildman–Crippen MR) is 93.5 cm³/mol. The van der Waals surface area contributed by atoms with Gasteiger partial charge in [0.05, 0.1) is 12.2 Å². The molecule has 1 heterocycles. The number of ketones is 1. The van der Waals surface area contributed by atoms with Gasteiger partial charge in [0, 0.05) is 5.56 Å². The molecule has 0 saturated carbocycles. The SMILES string of the molecule is O=C1c2ccccc2Cc2cccc(OC3O[C@H](CO)[C@@H](O)[C@H](O)[C@H]3O)c21. The predicted octanol–water partition coefficient (Wildman–Crippen LogP) is 0.000500. The minimum Gasteiger partial charge on any atom is -0.461 e. The van der Waals surface area contributed by atoms with Crippen LogP contribution in [0.3, 0.4) is 0 Å². The second-order valence-electron chi connectivity index (χ2n) is 6.77. The van der Waals surface area contributed by atoms with E-state index in [1.54, 1.807) is 24.3 Å². The highest BCUT2D eigenvalue weighted by Gasteiger charge is 2.45. The molecule has 0 amide bonds. The molecule has 7 nitrogen and oxygen atoms in total. The average Bonchev–Trinajstić information content (AvgIpc) is 2.68. The Bertz CT molecular complexity index is 863. The first-order valence-corrected chi connectivity index (χ1v) is 8.73. The molecule has 1 aliphatic heterocycles. The third kappa shape index (κ3) is 3.03. The lowest BCUT2D eigenvalue weighted by atomic mass is 9.84. The van der Waals surface area contributed by atoms with Crippen molar-refractivity contribution in [3.05, 3.63) is 64.7 Å². The zero-order valence-electron chi connectivity index (χ0n) is 14.4. The van der Waals surface area contributed by atoms with Crippen LogP contribution in [0.4, 0.5) is 0 Å². The summed E-state index contributed by atoms with van der Waals surface area (Å²) in [5.74, 6) is 0.0309. The van der Waals surface area contributed by atoms with Crippen LogP contribution >= 0.6 is 0 Å². The third-order valence-electron chi connectivity index (χ3n) is 5.07. The number of rotatable bonds is 3. The average molecular weight is 372 g/mol. The van der Waals surface area contributed by atoms with Crippen molar-refractivity contribution in [3.8, 4) is 5.75 Å². The van der Waals surface area contributed by atoms with Crippen LogP contribution in [0, 0.1) is 0 Å². The smallest absolute Gasteiger partial charge is 0.229 e. The molecule has 1 unspecified atom stereocenters. The highest BCUT2D eigenvalue weighted by molar-refractivity contribution is 6.14. The molecule has 2 aliphatic rings. The van der Waals surface area contributed by atoms with Gasteiger partial charge < -0.3 is 29.9 Å². The number of aliphatic hydroxyl groups is 4. The maximum atomic E-state index is 13.0. The lowest BCUT2D eigenvalue weighted by Crippen LogP contribution is -2.60. The molecule has 1 aliphatic carbocycles. The van der Waals surface area contributed by atoms with E-state index in [0.29, 0.717) is 17.5 Å². The van der Waals surface area contributed by atoms with Crippen LogP contribution in [0.2, 0.25) is 0 Å². The van der Waals surface area contributed by atoms with Gasteiger partial charge in [0.1, 0.15) is 30.2 Å². The molecule has 0 radical (unpaired) electrons. The summed E-state index contributed by atoms with van der Waals surface area (Å²) >= 11 is 0. The minimum absolute atomic E-state index is 0.188. The van der Waals surface area contributed by atoms with Gasteiger partial charge in [-0.25, -0.2) is 0 Å². The fourth-order valence-corrected chi connectivity index (χ4v) is 3.61. The third-order valence-corrected chi connectivity index (χ3v) is 5.07. The molecule has 0 spiro atoms. The molecule has 142 valence electrons. The number of aliphatic hydroxyl groups excluding tert-OH is 4. The van der Waals surface area contributed by atoms with Crippen LogP contribution in [0.25, 0.3) is 0 Å². The first-order valence-electron chi connectivity index (χ1n) is 8.73. The zero-order chi connectivity index (χ0) is 19.1. The summed E-state index contributed by atoms with van der Waals surface area (Å²) in [6, 6.07) is 12.5. The molecule has 27 heavy (non-hydrogen) atoms. The normalized spacial score (nSPS) is 29.8. The maximum Gasteiger partial charge on any atom is 0.229 e. The lowest BCUT2D eigenvalue weighted by Gasteiger charge is -2.39. The van der Waals surface area contributed by atoms with Gasteiger partial charge in [0.2, 0.25) is 6.29 Å². The van der Waals surface area contributed by atoms with E-state index >= 15 is 0 Å². The molecule has 0 bridgehead atoms. The fourth-order valence-electron chi connectivity index (χ4n) is 3.61. The van der Waals surface area contributed by atoms with Crippen LogP contribution in [0.15, 0.2) is 42.5 Å². The number of benzene rings is 2. The number of hydrogen-bond acceptors (Lipinski definition) is 7. The van der Waals surface area contributed by atoms with E-state index in [-0.39, 0.29) is 11.5 Å². The van der Waals surface area contributed by atoms with Crippen molar-refractivity contribution < 1.29 is 34.7 Å². The largest absolute Gasteiger partial charge is 0.461 e. The van der Waals surface area contributed by atoms with Crippen LogP contribution in [0.1, 0.15) is 27.0 Å². The first kappa shape index (κ1) is 18.1. The number of ether oxygens (including phenoxy) is 2. The summed E-state index contributed by atoms with van der Waals surface area (Å²) in [6.07, 6.45) is -6.39. The van der Waals surface area contributed by atoms with Crippen molar-refractivity contribution in [1.82, 2.24) is 0 Å². The van der Waals surface area contributed by atoms with Gasteiger partial charge in [-0.05, 0) is 23.6 Å². The van der Waals surface area contributed by atoms with Crippen LogP contribution in [-0.4, -0.2) is 63.5 Å². The standard InChI is InChI=1S/C20H20O7/c21-9-14-17(23)18(24)19(25)20(27-14)26-13-7-3-5-11-8-10-4-1-2-6-12(10)16(22)15(11)13/h1-7,14,17-21,23-25H,8-9H2/t14-,17-,18+,19-,20?/m1/s1. The topological polar surface area (TPSA) is 116 Å². The van der Waals surface area contributed by atoms with Gasteiger partial charge in [-0.3, -0.25) is 4.79 Å². The summed E-state index contributed by atoms with van der Waals surface area (Å²) in [5.41, 5.74) is 2.70. The number of hydrogen-bond donors (Lipinski definition) is 4. The molecular formula is C20H20O7. The van der Waals surface area contributed by atoms with E-state index in [4.69, 9.17) is 9.47 Å². The molecule has 5 atom stereocenters. The molecular weight excluding hydrogens is 352 g/mol. The fraction of sp³-hybridized carbons (Fsp3) is 0.350. The zero-order valence-corrected chi connectivity index (χ0v) is 14.4. The highest BCUT2D eigenvalue weighted by Crippen LogP contribution is 2.34. The van der Waals surface area contributed by atoms with Crippen molar-refractivity contribution in [1.29, 1.82) is 0 Å². The Kier molecular flexibility index (Phi) is 4.71. The number of carbonyl (C=O) groups is 1. The van der Waals surface area contributed by atoms with Crippen molar-refractivity contribution in [2.75, 3.05) is 6.61 Å². The van der Waals surface area contributed by atoms with Crippen molar-refractivity contribution in [2.45, 2.75) is 37.1 Å². The monoisotopic (exact) mass is 372 g/mol. The summed E-state index contributed by atoms with van der Waals surface area (Å²) in [6.45, 7) is -0.552. The van der Waals surface area contributed by atoms with E-state index in [1.165, 1.54) is 0 Å². The molecule has 1 saturated heterocycles. The Morgan fingerprint density at radius 1 is 0.963 bits per heavy atom. The second-order valence-corrected chi connectivity index (χ2v) is 6.77. The Labute approximate surface area is 155 Å². The summed E-state index contributed by atoms with van der Waals surface area (Å²) in [7, 11) is 0. The van der Waals surface area contributed by atoms with Crippen molar-refractivity contribution in [3.63, 3.8) is 0 Å². The molecule has 2 aromatic rings. The van der Waals surface area contributed by atoms with Gasteiger partial charge in [0.25, 0.3) is 0 Å². The van der Waals surface area contributed by atoms with E-state index in [9.17, 15) is 25.2 Å². The minimum atomic E-state index is -1.54. The second kappa shape index (κ2) is 7.03. The summed E-state index contributed by atoms with van der Waals surface area (Å²) < 4.78 is 11.1. The van der Waals surface area contributed by atoms with Gasteiger partial charge in [-0.15, -0.1) is 0 Å². The highest BCUT2D eigenvalue weighted by atomic mass is 16.7.